The van der Waals surface area contributed by atoms with Crippen molar-refractivity contribution >= 4 is 5.84 Å². The molecule has 1 aromatic heterocycles. The molecule has 0 bridgehead atoms. The van der Waals surface area contributed by atoms with Crippen LogP contribution in [0.2, 0.25) is 0 Å². The van der Waals surface area contributed by atoms with E-state index >= 15 is 0 Å². The van der Waals surface area contributed by atoms with Crippen LogP contribution in [-0.4, -0.2) is 29.4 Å². The summed E-state index contributed by atoms with van der Waals surface area (Å²) in [5, 5.41) is 4.12. The van der Waals surface area contributed by atoms with Gasteiger partial charge in [-0.1, -0.05) is 0 Å². The van der Waals surface area contributed by atoms with Gasteiger partial charge in [0, 0.05) is 14.0 Å². The third-order valence-electron chi connectivity index (χ3n) is 1.96. The number of amidine groups is 1. The minimum absolute atomic E-state index is 0.676. The average Bonchev–Trinajstić information content (AvgIpc) is 2.58. The fraction of sp³-hybridized carbons (Fsp3) is 0.500. The van der Waals surface area contributed by atoms with Crippen molar-refractivity contribution in [2.45, 2.75) is 13.8 Å². The van der Waals surface area contributed by atoms with E-state index in [9.17, 15) is 0 Å². The SMILES string of the molecule is Cc1nc(C)c(C2=NNCN2C)o1. The van der Waals surface area contributed by atoms with Gasteiger partial charge in [-0.2, -0.15) is 5.10 Å². The van der Waals surface area contributed by atoms with Crippen LogP contribution in [0.3, 0.4) is 0 Å². The molecule has 0 aromatic carbocycles. The van der Waals surface area contributed by atoms with Crippen LogP contribution in [0, 0.1) is 13.8 Å². The fourth-order valence-electron chi connectivity index (χ4n) is 1.34. The van der Waals surface area contributed by atoms with Crippen LogP contribution in [0.5, 0.6) is 0 Å². The molecule has 5 heteroatoms. The van der Waals surface area contributed by atoms with Crippen molar-refractivity contribution in [3.8, 4) is 0 Å². The maximum absolute atomic E-state index is 5.45. The molecule has 1 aliphatic heterocycles. The largest absolute Gasteiger partial charge is 0.437 e. The highest BCUT2D eigenvalue weighted by molar-refractivity contribution is 5.97. The van der Waals surface area contributed by atoms with Crippen molar-refractivity contribution in [3.63, 3.8) is 0 Å². The highest BCUT2D eigenvalue weighted by Gasteiger charge is 2.21. The highest BCUT2D eigenvalue weighted by Crippen LogP contribution is 2.13. The van der Waals surface area contributed by atoms with E-state index in [1.54, 1.807) is 0 Å². The number of hydrogen-bond acceptors (Lipinski definition) is 5. The Bertz CT molecular complexity index is 355. The number of nitrogens with zero attached hydrogens (tertiary/aromatic N) is 3. The number of oxazole rings is 1. The van der Waals surface area contributed by atoms with Gasteiger partial charge in [0.2, 0.25) is 0 Å². The summed E-state index contributed by atoms with van der Waals surface area (Å²) in [6.07, 6.45) is 0. The van der Waals surface area contributed by atoms with Gasteiger partial charge in [-0.15, -0.1) is 0 Å². The highest BCUT2D eigenvalue weighted by atomic mass is 16.4. The first-order valence-corrected chi connectivity index (χ1v) is 4.14. The zero-order valence-corrected chi connectivity index (χ0v) is 7.96. The van der Waals surface area contributed by atoms with E-state index in [0.29, 0.717) is 12.6 Å². The second-order valence-electron chi connectivity index (χ2n) is 3.10. The topological polar surface area (TPSA) is 53.7 Å². The first-order valence-electron chi connectivity index (χ1n) is 4.14. The van der Waals surface area contributed by atoms with E-state index < -0.39 is 0 Å². The Morgan fingerprint density at radius 1 is 1.46 bits per heavy atom. The molecule has 0 atom stereocenters. The summed E-state index contributed by atoms with van der Waals surface area (Å²) in [5.74, 6) is 2.25. The lowest BCUT2D eigenvalue weighted by molar-refractivity contribution is 0.474. The van der Waals surface area contributed by atoms with E-state index in [0.717, 1.165) is 17.3 Å². The van der Waals surface area contributed by atoms with Gasteiger partial charge in [-0.25, -0.2) is 4.98 Å². The summed E-state index contributed by atoms with van der Waals surface area (Å²) in [6, 6.07) is 0. The number of nitrogens with one attached hydrogen (secondary N) is 1. The minimum Gasteiger partial charge on any atom is -0.437 e. The predicted molar refractivity (Wildman–Crippen MR) is 48.3 cm³/mol. The van der Waals surface area contributed by atoms with E-state index in [4.69, 9.17) is 4.42 Å². The van der Waals surface area contributed by atoms with E-state index in [1.807, 2.05) is 25.8 Å². The zero-order chi connectivity index (χ0) is 9.42. The Balaban J connectivity index is 2.40. The van der Waals surface area contributed by atoms with Crippen LogP contribution in [0.1, 0.15) is 17.3 Å². The quantitative estimate of drug-likeness (QED) is 0.681. The summed E-state index contributed by atoms with van der Waals surface area (Å²) in [6.45, 7) is 4.47. The Hall–Kier alpha value is -1.52. The van der Waals surface area contributed by atoms with Crippen molar-refractivity contribution < 1.29 is 4.42 Å². The van der Waals surface area contributed by atoms with Gasteiger partial charge in [0.25, 0.3) is 0 Å². The lowest BCUT2D eigenvalue weighted by Gasteiger charge is -2.09. The number of rotatable bonds is 1. The predicted octanol–water partition coefficient (Wildman–Crippen LogP) is 0.446. The summed E-state index contributed by atoms with van der Waals surface area (Å²) >= 11 is 0. The van der Waals surface area contributed by atoms with Gasteiger partial charge in [0.1, 0.15) is 6.67 Å². The number of hydrogen-bond donors (Lipinski definition) is 1. The molecule has 1 N–H and O–H groups in total. The van der Waals surface area contributed by atoms with Crippen molar-refractivity contribution in [1.29, 1.82) is 0 Å². The van der Waals surface area contributed by atoms with Crippen molar-refractivity contribution in [3.05, 3.63) is 17.3 Å². The number of aromatic nitrogens is 1. The van der Waals surface area contributed by atoms with Gasteiger partial charge < -0.3 is 9.32 Å². The number of aryl methyl sites for hydroxylation is 2. The van der Waals surface area contributed by atoms with Crippen LogP contribution < -0.4 is 5.43 Å². The molecule has 13 heavy (non-hydrogen) atoms. The smallest absolute Gasteiger partial charge is 0.194 e. The summed E-state index contributed by atoms with van der Waals surface area (Å²) < 4.78 is 5.45. The molecule has 1 aliphatic rings. The standard InChI is InChI=1S/C8H12N4O/c1-5-7(13-6(2)10-5)8-11-9-4-12(8)3/h9H,4H2,1-3H3. The van der Waals surface area contributed by atoms with Gasteiger partial charge in [-0.05, 0) is 6.92 Å². The Morgan fingerprint density at radius 3 is 2.69 bits per heavy atom. The molecule has 70 valence electrons. The summed E-state index contributed by atoms with van der Waals surface area (Å²) in [7, 11) is 1.95. The van der Waals surface area contributed by atoms with Crippen LogP contribution in [0.15, 0.2) is 9.52 Å². The second-order valence-corrected chi connectivity index (χ2v) is 3.10. The minimum atomic E-state index is 0.676. The van der Waals surface area contributed by atoms with Gasteiger partial charge >= 0.3 is 0 Å². The average molecular weight is 180 g/mol. The van der Waals surface area contributed by atoms with Crippen molar-refractivity contribution in [1.82, 2.24) is 15.3 Å². The van der Waals surface area contributed by atoms with Crippen molar-refractivity contribution in [2.75, 3.05) is 13.7 Å². The van der Waals surface area contributed by atoms with E-state index in [-0.39, 0.29) is 0 Å². The summed E-state index contributed by atoms with van der Waals surface area (Å²) in [5.41, 5.74) is 3.76. The lowest BCUT2D eigenvalue weighted by Crippen LogP contribution is -2.25. The molecule has 0 unspecified atom stereocenters. The third kappa shape index (κ3) is 1.26. The summed E-state index contributed by atoms with van der Waals surface area (Å²) in [4.78, 5) is 6.17. The molecule has 2 rings (SSSR count). The molecule has 0 saturated carbocycles. The fourth-order valence-corrected chi connectivity index (χ4v) is 1.34. The van der Waals surface area contributed by atoms with Crippen LogP contribution >= 0.6 is 0 Å². The van der Waals surface area contributed by atoms with Gasteiger partial charge in [-0.3, -0.25) is 5.43 Å². The zero-order valence-electron chi connectivity index (χ0n) is 7.96. The Morgan fingerprint density at radius 2 is 2.23 bits per heavy atom. The monoisotopic (exact) mass is 180 g/mol. The maximum atomic E-state index is 5.45. The molecule has 5 nitrogen and oxygen atoms in total. The molecule has 1 aromatic rings. The molecule has 0 radical (unpaired) electrons. The van der Waals surface area contributed by atoms with E-state index in [1.165, 1.54) is 0 Å². The molecule has 0 aliphatic carbocycles. The molecule has 0 spiro atoms. The lowest BCUT2D eigenvalue weighted by atomic mass is 10.3. The van der Waals surface area contributed by atoms with E-state index in [2.05, 4.69) is 15.5 Å². The molecular weight excluding hydrogens is 168 g/mol. The second kappa shape index (κ2) is 2.76. The molecule has 0 amide bonds. The van der Waals surface area contributed by atoms with Gasteiger partial charge in [0.05, 0.1) is 5.69 Å². The number of hydrazone groups is 1. The van der Waals surface area contributed by atoms with Gasteiger partial charge in [0.15, 0.2) is 17.5 Å². The van der Waals surface area contributed by atoms with Crippen LogP contribution in [0.25, 0.3) is 0 Å². The molecule has 2 heterocycles. The molecule has 0 saturated heterocycles. The maximum Gasteiger partial charge on any atom is 0.194 e. The van der Waals surface area contributed by atoms with Crippen LogP contribution in [0.4, 0.5) is 0 Å². The first kappa shape index (κ1) is 8.10. The third-order valence-corrected chi connectivity index (χ3v) is 1.96. The van der Waals surface area contributed by atoms with Crippen molar-refractivity contribution in [2.24, 2.45) is 5.10 Å². The normalized spacial score (nSPS) is 15.9. The van der Waals surface area contributed by atoms with Crippen LogP contribution in [-0.2, 0) is 0 Å². The molecule has 0 fully saturated rings. The molecular formula is C8H12N4O. The Kier molecular flexibility index (Phi) is 1.72. The first-order chi connectivity index (χ1) is 6.18. The Labute approximate surface area is 76.4 Å².